The van der Waals surface area contributed by atoms with E-state index in [4.69, 9.17) is 11.8 Å². The van der Waals surface area contributed by atoms with Gasteiger partial charge in [0.2, 0.25) is 5.70 Å². The largest absolute Gasteiger partial charge is 0.416 e. The van der Waals surface area contributed by atoms with E-state index in [1.807, 2.05) is 6.07 Å². The Morgan fingerprint density at radius 2 is 1.90 bits per heavy atom. The van der Waals surface area contributed by atoms with Crippen LogP contribution in [0.5, 0.6) is 0 Å². The van der Waals surface area contributed by atoms with Crippen molar-refractivity contribution in [3.63, 3.8) is 0 Å². The molecule has 0 saturated heterocycles. The summed E-state index contributed by atoms with van der Waals surface area (Å²) in [6.45, 7) is 9.34. The van der Waals surface area contributed by atoms with Crippen molar-refractivity contribution in [2.75, 3.05) is 4.90 Å². The minimum absolute atomic E-state index is 0.189. The lowest BCUT2D eigenvalue weighted by atomic mass is 9.99. The number of nitrogens with zero attached hydrogens (tertiary/aromatic N) is 7. The van der Waals surface area contributed by atoms with Gasteiger partial charge < -0.3 is 0 Å². The molecule has 0 saturated carbocycles. The van der Waals surface area contributed by atoms with Crippen LogP contribution in [-0.4, -0.2) is 20.2 Å². The highest BCUT2D eigenvalue weighted by atomic mass is 19.4. The zero-order chi connectivity index (χ0) is 21.5. The maximum Gasteiger partial charge on any atom is 0.416 e. The fourth-order valence-electron chi connectivity index (χ4n) is 3.39. The van der Waals surface area contributed by atoms with Crippen molar-refractivity contribution in [1.29, 1.82) is 5.26 Å². The number of hydrogen-bond acceptors (Lipinski definition) is 5. The Labute approximate surface area is 169 Å². The summed E-state index contributed by atoms with van der Waals surface area (Å²) in [5.41, 5.74) is 1.19. The van der Waals surface area contributed by atoms with Gasteiger partial charge in [0, 0.05) is 11.4 Å². The molecule has 1 atom stereocenters. The Bertz CT molecular complexity index is 1230. The molecule has 4 rings (SSSR count). The predicted molar refractivity (Wildman–Crippen MR) is 100.0 cm³/mol. The van der Waals surface area contributed by atoms with Crippen LogP contribution in [0.3, 0.4) is 0 Å². The molecule has 0 bridgehead atoms. The molecule has 1 aliphatic rings. The normalized spacial score (nSPS) is 16.1. The number of tetrazole rings is 1. The molecule has 0 N–H and O–H groups in total. The van der Waals surface area contributed by atoms with Crippen molar-refractivity contribution >= 4 is 11.6 Å². The number of rotatable bonds is 2. The number of halogens is 3. The third-order valence-corrected chi connectivity index (χ3v) is 4.79. The smallest absolute Gasteiger partial charge is 0.293 e. The molecule has 10 heteroatoms. The van der Waals surface area contributed by atoms with Crippen LogP contribution in [0, 0.1) is 17.9 Å². The fourth-order valence-corrected chi connectivity index (χ4v) is 3.39. The van der Waals surface area contributed by atoms with Crippen LogP contribution in [0.4, 0.5) is 24.8 Å². The summed E-state index contributed by atoms with van der Waals surface area (Å²) in [6, 6.07) is 12.8. The van der Waals surface area contributed by atoms with Gasteiger partial charge in [-0.2, -0.15) is 18.4 Å². The molecule has 7 nitrogen and oxygen atoms in total. The van der Waals surface area contributed by atoms with E-state index in [1.54, 1.807) is 31.2 Å². The van der Waals surface area contributed by atoms with Gasteiger partial charge in [0.25, 0.3) is 5.95 Å². The zero-order valence-electron chi connectivity index (χ0n) is 15.5. The molecule has 0 radical (unpaired) electrons. The standard InChI is InChI=1S/C20H12F3N7/c1-12-17(25-2)18(14-8-6-13(11-24)7-9-14)30-19(26-27-28-30)29(12)16-5-3-4-15(10-16)20(21,22)23/h3-10,18H,1H3/t18-/m1/s1. The topological polar surface area (TPSA) is 75.0 Å². The lowest BCUT2D eigenvalue weighted by molar-refractivity contribution is -0.137. The lowest BCUT2D eigenvalue weighted by Gasteiger charge is -2.33. The third kappa shape index (κ3) is 3.05. The van der Waals surface area contributed by atoms with Gasteiger partial charge in [-0.05, 0) is 53.2 Å². The third-order valence-electron chi connectivity index (χ3n) is 4.79. The minimum Gasteiger partial charge on any atom is -0.293 e. The Kier molecular flexibility index (Phi) is 4.47. The molecule has 0 aliphatic carbocycles. The van der Waals surface area contributed by atoms with Crippen molar-refractivity contribution in [3.8, 4) is 6.07 Å². The first-order valence-corrected chi connectivity index (χ1v) is 8.68. The van der Waals surface area contributed by atoms with Gasteiger partial charge >= 0.3 is 6.18 Å². The van der Waals surface area contributed by atoms with Crippen LogP contribution < -0.4 is 4.90 Å². The summed E-state index contributed by atoms with van der Waals surface area (Å²) in [5.74, 6) is 0.189. The molecule has 0 spiro atoms. The van der Waals surface area contributed by atoms with Crippen molar-refractivity contribution in [1.82, 2.24) is 20.2 Å². The van der Waals surface area contributed by atoms with E-state index < -0.39 is 17.8 Å². The van der Waals surface area contributed by atoms with E-state index in [0.29, 0.717) is 16.8 Å². The summed E-state index contributed by atoms with van der Waals surface area (Å²) < 4.78 is 41.0. The zero-order valence-corrected chi connectivity index (χ0v) is 15.5. The van der Waals surface area contributed by atoms with E-state index in [0.717, 1.165) is 12.1 Å². The maximum absolute atomic E-state index is 13.2. The lowest BCUT2D eigenvalue weighted by Crippen LogP contribution is -2.30. The number of anilines is 2. The molecule has 2 aromatic carbocycles. The Morgan fingerprint density at radius 1 is 1.17 bits per heavy atom. The van der Waals surface area contributed by atoms with Crippen LogP contribution >= 0.6 is 0 Å². The summed E-state index contributed by atoms with van der Waals surface area (Å²) in [7, 11) is 0. The van der Waals surface area contributed by atoms with E-state index >= 15 is 0 Å². The van der Waals surface area contributed by atoms with Crippen LogP contribution in [0.15, 0.2) is 59.9 Å². The molecule has 30 heavy (non-hydrogen) atoms. The molecule has 0 fully saturated rings. The van der Waals surface area contributed by atoms with Gasteiger partial charge in [0.1, 0.15) is 6.04 Å². The first kappa shape index (κ1) is 19.2. The molecule has 1 aliphatic heterocycles. The maximum atomic E-state index is 13.2. The van der Waals surface area contributed by atoms with Gasteiger partial charge in [-0.15, -0.1) is 0 Å². The quantitative estimate of drug-likeness (QED) is 0.587. The SMILES string of the molecule is [C-]#[N+]C1=C(C)N(c2cccc(C(F)(F)F)c2)c2nnnn2[C@@H]1c1ccc(C#N)cc1. The van der Waals surface area contributed by atoms with Gasteiger partial charge in [-0.3, -0.25) is 4.90 Å². The number of benzene rings is 2. The van der Waals surface area contributed by atoms with Crippen molar-refractivity contribution in [2.24, 2.45) is 0 Å². The average Bonchev–Trinajstić information content (AvgIpc) is 3.21. The Hall–Kier alpha value is -4.18. The van der Waals surface area contributed by atoms with Crippen LogP contribution in [0.1, 0.15) is 29.7 Å². The second-order valence-corrected chi connectivity index (χ2v) is 6.53. The van der Waals surface area contributed by atoms with Crippen molar-refractivity contribution in [2.45, 2.75) is 19.1 Å². The monoisotopic (exact) mass is 407 g/mol. The highest BCUT2D eigenvalue weighted by molar-refractivity contribution is 5.67. The van der Waals surface area contributed by atoms with E-state index in [-0.39, 0.29) is 17.3 Å². The number of hydrogen-bond donors (Lipinski definition) is 0. The van der Waals surface area contributed by atoms with E-state index in [2.05, 4.69) is 20.4 Å². The predicted octanol–water partition coefficient (Wildman–Crippen LogP) is 4.46. The first-order valence-electron chi connectivity index (χ1n) is 8.68. The summed E-state index contributed by atoms with van der Waals surface area (Å²) in [4.78, 5) is 5.07. The Balaban J connectivity index is 1.89. The molecule has 0 unspecified atom stereocenters. The first-order chi connectivity index (χ1) is 14.3. The summed E-state index contributed by atoms with van der Waals surface area (Å²) in [6.07, 6.45) is -4.51. The second kappa shape index (κ2) is 7.01. The summed E-state index contributed by atoms with van der Waals surface area (Å²) >= 11 is 0. The van der Waals surface area contributed by atoms with Gasteiger partial charge in [-0.25, -0.2) is 9.53 Å². The molecular formula is C20H12F3N7. The number of nitriles is 1. The molecule has 2 heterocycles. The molecular weight excluding hydrogens is 395 g/mol. The molecule has 0 amide bonds. The van der Waals surface area contributed by atoms with E-state index in [9.17, 15) is 13.2 Å². The van der Waals surface area contributed by atoms with Crippen LogP contribution in [-0.2, 0) is 6.18 Å². The Morgan fingerprint density at radius 3 is 2.53 bits per heavy atom. The number of aromatic nitrogens is 4. The van der Waals surface area contributed by atoms with Crippen LogP contribution in [0.25, 0.3) is 4.85 Å². The van der Waals surface area contributed by atoms with E-state index in [1.165, 1.54) is 21.7 Å². The fraction of sp³-hybridized carbons (Fsp3) is 0.150. The van der Waals surface area contributed by atoms with Gasteiger partial charge in [-0.1, -0.05) is 23.3 Å². The van der Waals surface area contributed by atoms with Crippen molar-refractivity contribution < 1.29 is 13.2 Å². The highest BCUT2D eigenvalue weighted by Gasteiger charge is 2.37. The number of allylic oxidation sites excluding steroid dienone is 2. The summed E-state index contributed by atoms with van der Waals surface area (Å²) in [5, 5.41) is 20.7. The minimum atomic E-state index is -4.51. The van der Waals surface area contributed by atoms with Gasteiger partial charge in [0.05, 0.1) is 23.8 Å². The van der Waals surface area contributed by atoms with Crippen LogP contribution in [0.2, 0.25) is 0 Å². The van der Waals surface area contributed by atoms with Crippen molar-refractivity contribution in [3.05, 3.63) is 88.0 Å². The molecule has 3 aromatic rings. The highest BCUT2D eigenvalue weighted by Crippen LogP contribution is 2.42. The number of alkyl halides is 3. The van der Waals surface area contributed by atoms with Gasteiger partial charge in [0.15, 0.2) is 0 Å². The molecule has 1 aromatic heterocycles. The average molecular weight is 407 g/mol. The number of fused-ring (bicyclic) bond motifs is 1. The molecule has 148 valence electrons. The second-order valence-electron chi connectivity index (χ2n) is 6.53.